The number of rotatable bonds is 2. The van der Waals surface area contributed by atoms with Crippen LogP contribution in [0.3, 0.4) is 0 Å². The van der Waals surface area contributed by atoms with E-state index in [1.54, 1.807) is 13.0 Å². The third kappa shape index (κ3) is 2.91. The molecule has 1 aromatic carbocycles. The van der Waals surface area contributed by atoms with Crippen molar-refractivity contribution in [1.29, 1.82) is 0 Å². The second kappa shape index (κ2) is 6.62. The van der Waals surface area contributed by atoms with Crippen molar-refractivity contribution in [3.63, 3.8) is 0 Å². The van der Waals surface area contributed by atoms with Crippen LogP contribution < -0.4 is 16.1 Å². The van der Waals surface area contributed by atoms with Gasteiger partial charge in [-0.2, -0.15) is 0 Å². The molecule has 1 saturated heterocycles. The Morgan fingerprint density at radius 2 is 1.94 bits per heavy atom. The van der Waals surface area contributed by atoms with Crippen molar-refractivity contribution in [3.05, 3.63) is 44.4 Å². The second-order valence-corrected chi connectivity index (χ2v) is 8.79. The number of phenolic OH excluding ortho intramolecular Hbond substituents is 1. The fourth-order valence-corrected chi connectivity index (χ4v) is 5.10. The van der Waals surface area contributed by atoms with Gasteiger partial charge in [-0.05, 0) is 19.8 Å². The molecule has 3 N–H and O–H groups in total. The summed E-state index contributed by atoms with van der Waals surface area (Å²) in [6.45, 7) is 1.66. The number of hydrogen-bond donors (Lipinski definition) is 3. The number of benzene rings is 1. The van der Waals surface area contributed by atoms with E-state index in [1.807, 2.05) is 0 Å². The Labute approximate surface area is 174 Å². The lowest BCUT2D eigenvalue weighted by Crippen LogP contribution is -2.41. The van der Waals surface area contributed by atoms with E-state index in [2.05, 4.69) is 4.98 Å². The number of phenols is 1. The first-order valence-corrected chi connectivity index (χ1v) is 10.3. The zero-order valence-corrected chi connectivity index (χ0v) is 16.7. The fourth-order valence-electron chi connectivity index (χ4n) is 5.10. The zero-order chi connectivity index (χ0) is 22.2. The maximum Gasteiger partial charge on any atom is 0.329 e. The number of aliphatic hydroxyl groups excluding tert-OH is 1. The minimum atomic E-state index is -3.29. The Morgan fingerprint density at radius 3 is 2.61 bits per heavy atom. The summed E-state index contributed by atoms with van der Waals surface area (Å²) in [6.07, 6.45) is 1.95. The molecule has 31 heavy (non-hydrogen) atoms. The van der Waals surface area contributed by atoms with Crippen molar-refractivity contribution < 1.29 is 23.4 Å². The van der Waals surface area contributed by atoms with Gasteiger partial charge in [0.2, 0.25) is 0 Å². The van der Waals surface area contributed by atoms with E-state index >= 15 is 4.39 Å². The number of anilines is 1. The number of halogens is 3. The molecule has 2 aliphatic carbocycles. The molecule has 0 radical (unpaired) electrons. The Bertz CT molecular complexity index is 1230. The first-order chi connectivity index (χ1) is 14.6. The lowest BCUT2D eigenvalue weighted by molar-refractivity contribution is -0.127. The number of fused-ring (bicyclic) bond motifs is 2. The Kier molecular flexibility index (Phi) is 4.31. The van der Waals surface area contributed by atoms with Crippen LogP contribution in [0.4, 0.5) is 18.9 Å². The molecule has 3 unspecified atom stereocenters. The fraction of sp³-hybridized carbons (Fsp3) is 0.524. The molecule has 2 fully saturated rings. The molecule has 166 valence electrons. The molecule has 10 heteroatoms. The van der Waals surface area contributed by atoms with E-state index in [4.69, 9.17) is 0 Å². The van der Waals surface area contributed by atoms with Gasteiger partial charge in [0.05, 0.1) is 11.2 Å². The Morgan fingerprint density at radius 1 is 1.23 bits per heavy atom. The van der Waals surface area contributed by atoms with Crippen molar-refractivity contribution >= 4 is 16.6 Å². The first kappa shape index (κ1) is 20.2. The van der Waals surface area contributed by atoms with E-state index in [0.717, 1.165) is 0 Å². The minimum Gasteiger partial charge on any atom is -0.504 e. The summed E-state index contributed by atoms with van der Waals surface area (Å²) in [5, 5.41) is 20.5. The summed E-state index contributed by atoms with van der Waals surface area (Å²) in [6, 6.07) is -0.156. The normalized spacial score (nSPS) is 27.5. The highest BCUT2D eigenvalue weighted by Crippen LogP contribution is 2.45. The van der Waals surface area contributed by atoms with Gasteiger partial charge in [0, 0.05) is 43.0 Å². The highest BCUT2D eigenvalue weighted by Gasteiger charge is 2.50. The predicted octanol–water partition coefficient (Wildman–Crippen LogP) is 2.19. The van der Waals surface area contributed by atoms with E-state index in [-0.39, 0.29) is 41.3 Å². The number of aromatic nitrogens is 2. The van der Waals surface area contributed by atoms with E-state index in [9.17, 15) is 28.6 Å². The summed E-state index contributed by atoms with van der Waals surface area (Å²) in [4.78, 5) is 28.5. The van der Waals surface area contributed by atoms with Crippen molar-refractivity contribution in [3.8, 4) is 5.75 Å². The molecule has 3 atom stereocenters. The maximum atomic E-state index is 15.3. The van der Waals surface area contributed by atoms with Crippen LogP contribution in [0.1, 0.15) is 30.9 Å². The highest BCUT2D eigenvalue weighted by molar-refractivity contribution is 5.92. The summed E-state index contributed by atoms with van der Waals surface area (Å²) < 4.78 is 45.1. The van der Waals surface area contributed by atoms with Crippen LogP contribution >= 0.6 is 0 Å². The summed E-state index contributed by atoms with van der Waals surface area (Å²) in [5.74, 6) is -6.46. The van der Waals surface area contributed by atoms with Gasteiger partial charge in [-0.15, -0.1) is 0 Å². The van der Waals surface area contributed by atoms with E-state index < -0.39 is 53.1 Å². The average Bonchev–Trinajstić information content (AvgIpc) is 3.46. The molecule has 2 heterocycles. The zero-order valence-electron chi connectivity index (χ0n) is 16.7. The first-order valence-electron chi connectivity index (χ1n) is 10.3. The quantitative estimate of drug-likeness (QED) is 0.626. The molecule has 0 spiro atoms. The number of alkyl halides is 2. The van der Waals surface area contributed by atoms with Crippen LogP contribution in [0.5, 0.6) is 5.75 Å². The number of aromatic amines is 1. The van der Waals surface area contributed by atoms with Crippen molar-refractivity contribution in [2.24, 2.45) is 11.8 Å². The van der Waals surface area contributed by atoms with Gasteiger partial charge in [0.15, 0.2) is 11.6 Å². The van der Waals surface area contributed by atoms with Gasteiger partial charge in [0.1, 0.15) is 11.5 Å². The number of aromatic hydroxyl groups is 1. The lowest BCUT2D eigenvalue weighted by atomic mass is 9.89. The van der Waals surface area contributed by atoms with Crippen LogP contribution in [-0.2, 0) is 0 Å². The summed E-state index contributed by atoms with van der Waals surface area (Å²) >= 11 is 0. The Hall–Kier alpha value is -2.75. The van der Waals surface area contributed by atoms with Gasteiger partial charge in [0.25, 0.3) is 11.5 Å². The average molecular weight is 437 g/mol. The Balaban J connectivity index is 1.69. The lowest BCUT2D eigenvalue weighted by Gasteiger charge is -2.28. The number of H-pyrrole nitrogens is 1. The molecule has 1 aromatic heterocycles. The maximum absolute atomic E-state index is 15.3. The van der Waals surface area contributed by atoms with Gasteiger partial charge in [-0.1, -0.05) is 12.2 Å². The number of nitrogens with one attached hydrogen (secondary N) is 1. The SMILES string of the molecule is Cc1c(N2CC3C=CCC(F)(F)C(O)C3C2)c(F)c(O)c2c(=O)[nH]c(=O)n(C3CC3)c12. The largest absolute Gasteiger partial charge is 0.504 e. The number of allylic oxidation sites excluding steroid dienone is 1. The van der Waals surface area contributed by atoms with Crippen LogP contribution in [0.25, 0.3) is 10.9 Å². The molecule has 2 aromatic rings. The molecule has 1 saturated carbocycles. The number of hydrogen-bond acceptors (Lipinski definition) is 5. The molecule has 3 aliphatic rings. The number of aryl methyl sites for hydroxylation is 1. The molecule has 0 bridgehead atoms. The van der Waals surface area contributed by atoms with Gasteiger partial charge >= 0.3 is 5.69 Å². The molecule has 5 rings (SSSR count). The van der Waals surface area contributed by atoms with Crippen molar-refractivity contribution in [2.75, 3.05) is 18.0 Å². The van der Waals surface area contributed by atoms with Crippen LogP contribution in [0.15, 0.2) is 21.7 Å². The highest BCUT2D eigenvalue weighted by atomic mass is 19.3. The second-order valence-electron chi connectivity index (χ2n) is 8.79. The summed E-state index contributed by atoms with van der Waals surface area (Å²) in [7, 11) is 0. The number of nitrogens with zero attached hydrogens (tertiary/aromatic N) is 2. The standard InChI is InChI=1S/C21H22F3N3O4/c1-9-15-13(19(30)25-20(31)27(15)11-4-5-11)17(28)14(22)16(9)26-7-10-3-2-6-21(23,24)18(29)12(10)8-26/h2-3,10-12,18,28-29H,4-8H2,1H3,(H,25,30,31). The third-order valence-electron chi connectivity index (χ3n) is 6.76. The predicted molar refractivity (Wildman–Crippen MR) is 107 cm³/mol. The van der Waals surface area contributed by atoms with Gasteiger partial charge in [-0.25, -0.2) is 18.0 Å². The summed E-state index contributed by atoms with van der Waals surface area (Å²) in [5.41, 5.74) is -1.13. The minimum absolute atomic E-state index is 0.0404. The molecule has 0 amide bonds. The van der Waals surface area contributed by atoms with Crippen LogP contribution in [0.2, 0.25) is 0 Å². The molecule has 1 aliphatic heterocycles. The molecular weight excluding hydrogens is 415 g/mol. The van der Waals surface area contributed by atoms with Crippen molar-refractivity contribution in [1.82, 2.24) is 9.55 Å². The van der Waals surface area contributed by atoms with Crippen LogP contribution in [-0.4, -0.2) is 44.9 Å². The third-order valence-corrected chi connectivity index (χ3v) is 6.76. The molecular formula is C21H22F3N3O4. The molecule has 7 nitrogen and oxygen atoms in total. The van der Waals surface area contributed by atoms with Crippen LogP contribution in [0, 0.1) is 24.6 Å². The topological polar surface area (TPSA) is 98.6 Å². The monoisotopic (exact) mass is 437 g/mol. The van der Waals surface area contributed by atoms with Crippen molar-refractivity contribution in [2.45, 2.75) is 44.3 Å². The van der Waals surface area contributed by atoms with Gasteiger partial charge in [-0.3, -0.25) is 14.3 Å². The number of aliphatic hydroxyl groups is 1. The van der Waals surface area contributed by atoms with E-state index in [1.165, 1.54) is 15.5 Å². The van der Waals surface area contributed by atoms with E-state index in [0.29, 0.717) is 12.8 Å². The van der Waals surface area contributed by atoms with Gasteiger partial charge < -0.3 is 15.1 Å². The smallest absolute Gasteiger partial charge is 0.329 e.